The summed E-state index contributed by atoms with van der Waals surface area (Å²) in [7, 11) is 0. The number of hydrogen-bond donors (Lipinski definition) is 0. The molecule has 146 valence electrons. The third-order valence-electron chi connectivity index (χ3n) is 6.33. The highest BCUT2D eigenvalue weighted by Gasteiger charge is 2.62. The van der Waals surface area contributed by atoms with Crippen molar-refractivity contribution in [3.63, 3.8) is 0 Å². The first kappa shape index (κ1) is 19.5. The van der Waals surface area contributed by atoms with Crippen molar-refractivity contribution in [3.8, 4) is 0 Å². The van der Waals surface area contributed by atoms with E-state index >= 15 is 0 Å². The molecule has 2 aliphatic rings. The maximum absolute atomic E-state index is 12.9. The molecule has 0 N–H and O–H groups in total. The minimum absolute atomic E-state index is 0.0294. The molecule has 0 bridgehead atoms. The van der Waals surface area contributed by atoms with Crippen molar-refractivity contribution < 1.29 is 9.53 Å². The molecule has 2 aliphatic carbocycles. The van der Waals surface area contributed by atoms with Crippen LogP contribution in [0.1, 0.15) is 49.0 Å². The van der Waals surface area contributed by atoms with Crippen molar-refractivity contribution in [2.45, 2.75) is 38.7 Å². The summed E-state index contributed by atoms with van der Waals surface area (Å²) in [5, 5.41) is 0. The summed E-state index contributed by atoms with van der Waals surface area (Å²) >= 11 is 11.6. The van der Waals surface area contributed by atoms with Gasteiger partial charge in [0.15, 0.2) is 0 Å². The van der Waals surface area contributed by atoms with E-state index in [9.17, 15) is 4.79 Å². The molecule has 2 aromatic rings. The average molecular weight is 415 g/mol. The van der Waals surface area contributed by atoms with Crippen LogP contribution in [0.2, 0.25) is 0 Å². The second kappa shape index (κ2) is 7.57. The summed E-state index contributed by atoms with van der Waals surface area (Å²) < 4.78 is 6.23. The minimum Gasteiger partial charge on any atom is -0.457 e. The van der Waals surface area contributed by atoms with Crippen molar-refractivity contribution in [1.82, 2.24) is 0 Å². The molecule has 4 heteroatoms. The Bertz CT molecular complexity index is 900. The van der Waals surface area contributed by atoms with Crippen LogP contribution in [-0.4, -0.2) is 5.97 Å². The number of benzene rings is 2. The summed E-state index contributed by atoms with van der Waals surface area (Å²) in [5.41, 5.74) is 3.56. The Kier molecular flexibility index (Phi) is 5.28. The molecular weight excluding hydrogens is 391 g/mol. The van der Waals surface area contributed by atoms with E-state index in [0.717, 1.165) is 18.4 Å². The van der Waals surface area contributed by atoms with Crippen LogP contribution >= 0.6 is 23.2 Å². The number of ether oxygens (including phenoxy) is 1. The topological polar surface area (TPSA) is 26.3 Å². The van der Waals surface area contributed by atoms with Gasteiger partial charge in [-0.15, -0.1) is 0 Å². The maximum atomic E-state index is 12.9. The Labute approximate surface area is 176 Å². The number of carbonyl (C=O) groups is 1. The van der Waals surface area contributed by atoms with E-state index in [4.69, 9.17) is 27.9 Å². The fourth-order valence-corrected chi connectivity index (χ4v) is 4.95. The maximum Gasteiger partial charge on any atom is 0.310 e. The molecule has 1 fully saturated rings. The number of allylic oxidation sites excluding steroid dienone is 1. The van der Waals surface area contributed by atoms with E-state index < -0.39 is 0 Å². The molecule has 0 amide bonds. The summed E-state index contributed by atoms with van der Waals surface area (Å²) in [5.74, 6) is 0.0414. The number of esters is 1. The van der Waals surface area contributed by atoms with Crippen molar-refractivity contribution in [3.05, 3.63) is 81.9 Å². The van der Waals surface area contributed by atoms with E-state index in [2.05, 4.69) is 56.3 Å². The summed E-state index contributed by atoms with van der Waals surface area (Å²) in [6.07, 6.45) is 3.35. The quantitative estimate of drug-likeness (QED) is 0.515. The fourth-order valence-electron chi connectivity index (χ4n) is 4.68. The van der Waals surface area contributed by atoms with Crippen LogP contribution in [0, 0.1) is 17.3 Å². The van der Waals surface area contributed by atoms with Crippen LogP contribution in [-0.2, 0) is 16.0 Å². The molecule has 0 aliphatic heterocycles. The lowest BCUT2D eigenvalue weighted by Crippen LogP contribution is -2.14. The molecule has 0 heterocycles. The monoisotopic (exact) mass is 414 g/mol. The molecule has 0 radical (unpaired) electrons. The molecule has 28 heavy (non-hydrogen) atoms. The standard InChI is InChI=1S/C24H24Cl2O2/c1-24(2)19(14-21(25)26)22(24)23(27)28-20-13-16(12-15-8-4-3-5-9-15)17-10-6-7-11-18(17)20/h3-11,14,16,19-20,22H,12-13H2,1-2H3/t16-,19?,20-,22+/m1/s1. The van der Waals surface area contributed by atoms with Gasteiger partial charge in [0.05, 0.1) is 5.92 Å². The van der Waals surface area contributed by atoms with Crippen molar-refractivity contribution in [1.29, 1.82) is 0 Å². The highest BCUT2D eigenvalue weighted by molar-refractivity contribution is 6.55. The molecule has 0 saturated heterocycles. The Morgan fingerprint density at radius 3 is 2.39 bits per heavy atom. The van der Waals surface area contributed by atoms with E-state index in [1.54, 1.807) is 6.08 Å². The minimum atomic E-state index is -0.194. The van der Waals surface area contributed by atoms with Crippen molar-refractivity contribution in [2.24, 2.45) is 17.3 Å². The highest BCUT2D eigenvalue weighted by atomic mass is 35.5. The lowest BCUT2D eigenvalue weighted by atomic mass is 9.94. The predicted octanol–water partition coefficient (Wildman–Crippen LogP) is 6.59. The van der Waals surface area contributed by atoms with Crippen LogP contribution in [0.5, 0.6) is 0 Å². The van der Waals surface area contributed by atoms with Gasteiger partial charge in [-0.3, -0.25) is 4.79 Å². The average Bonchev–Trinajstić information content (AvgIpc) is 3.02. The first-order chi connectivity index (χ1) is 13.4. The second-order valence-corrected chi connectivity index (χ2v) is 9.47. The Morgan fingerprint density at radius 2 is 1.71 bits per heavy atom. The van der Waals surface area contributed by atoms with E-state index in [1.165, 1.54) is 11.1 Å². The fraction of sp³-hybridized carbons (Fsp3) is 0.375. The van der Waals surface area contributed by atoms with Crippen molar-refractivity contribution >= 4 is 29.2 Å². The van der Waals surface area contributed by atoms with Crippen LogP contribution in [0.25, 0.3) is 0 Å². The SMILES string of the molecule is CC1(C)C(C=C(Cl)Cl)[C@H]1C(=O)O[C@@H]1C[C@@H](Cc2ccccc2)c2ccccc21. The molecule has 1 saturated carbocycles. The van der Waals surface area contributed by atoms with Gasteiger partial charge in [-0.1, -0.05) is 91.6 Å². The smallest absolute Gasteiger partial charge is 0.310 e. The van der Waals surface area contributed by atoms with Gasteiger partial charge in [0.25, 0.3) is 0 Å². The molecule has 0 spiro atoms. The van der Waals surface area contributed by atoms with E-state index in [1.807, 2.05) is 12.1 Å². The number of rotatable bonds is 5. The number of fused-ring (bicyclic) bond motifs is 1. The summed E-state index contributed by atoms with van der Waals surface area (Å²) in [6.45, 7) is 4.11. The number of hydrogen-bond acceptors (Lipinski definition) is 2. The summed E-state index contributed by atoms with van der Waals surface area (Å²) in [4.78, 5) is 12.9. The van der Waals surface area contributed by atoms with Gasteiger partial charge < -0.3 is 4.74 Å². The molecule has 4 rings (SSSR count). The van der Waals surface area contributed by atoms with E-state index in [-0.39, 0.29) is 33.8 Å². The van der Waals surface area contributed by atoms with Gasteiger partial charge in [-0.25, -0.2) is 0 Å². The van der Waals surface area contributed by atoms with Crippen LogP contribution in [0.3, 0.4) is 0 Å². The predicted molar refractivity (Wildman–Crippen MR) is 113 cm³/mol. The Hall–Kier alpha value is -1.77. The first-order valence-electron chi connectivity index (χ1n) is 9.74. The molecule has 2 aromatic carbocycles. The van der Waals surface area contributed by atoms with Gasteiger partial charge in [0.1, 0.15) is 10.6 Å². The molecule has 2 nitrogen and oxygen atoms in total. The third kappa shape index (κ3) is 3.73. The van der Waals surface area contributed by atoms with Gasteiger partial charge >= 0.3 is 5.97 Å². The molecular formula is C24H24Cl2O2. The number of halogens is 2. The third-order valence-corrected chi connectivity index (χ3v) is 6.59. The lowest BCUT2D eigenvalue weighted by molar-refractivity contribution is -0.152. The first-order valence-corrected chi connectivity index (χ1v) is 10.5. The largest absolute Gasteiger partial charge is 0.457 e. The van der Waals surface area contributed by atoms with Gasteiger partial charge in [0.2, 0.25) is 0 Å². The van der Waals surface area contributed by atoms with E-state index in [0.29, 0.717) is 5.92 Å². The summed E-state index contributed by atoms with van der Waals surface area (Å²) in [6, 6.07) is 18.8. The van der Waals surface area contributed by atoms with Crippen LogP contribution in [0.4, 0.5) is 0 Å². The molecule has 4 atom stereocenters. The van der Waals surface area contributed by atoms with Crippen molar-refractivity contribution in [2.75, 3.05) is 0 Å². The zero-order chi connectivity index (χ0) is 19.9. The van der Waals surface area contributed by atoms with Crippen LogP contribution in [0.15, 0.2) is 65.2 Å². The highest BCUT2D eigenvalue weighted by Crippen LogP contribution is 2.60. The molecule has 0 aromatic heterocycles. The zero-order valence-corrected chi connectivity index (χ0v) is 17.6. The number of carbonyl (C=O) groups excluding carboxylic acids is 1. The molecule has 1 unspecified atom stereocenters. The van der Waals surface area contributed by atoms with Gasteiger partial charge in [-0.05, 0) is 52.9 Å². The normalized spacial score (nSPS) is 27.0. The van der Waals surface area contributed by atoms with Gasteiger partial charge in [0, 0.05) is 0 Å². The van der Waals surface area contributed by atoms with Crippen LogP contribution < -0.4 is 0 Å². The van der Waals surface area contributed by atoms with Gasteiger partial charge in [-0.2, -0.15) is 0 Å². The zero-order valence-electron chi connectivity index (χ0n) is 16.1. The second-order valence-electron chi connectivity index (χ2n) is 8.46. The lowest BCUT2D eigenvalue weighted by Gasteiger charge is -2.15. The Morgan fingerprint density at radius 1 is 1.07 bits per heavy atom. The Balaban J connectivity index is 1.50.